The monoisotopic (exact) mass is 418 g/mol. The van der Waals surface area contributed by atoms with Crippen molar-refractivity contribution in [1.82, 2.24) is 19.9 Å². The molecule has 0 spiro atoms. The van der Waals surface area contributed by atoms with E-state index in [2.05, 4.69) is 55.7 Å². The van der Waals surface area contributed by atoms with Crippen LogP contribution in [0.25, 0.3) is 11.2 Å². The lowest BCUT2D eigenvalue weighted by Gasteiger charge is -2.25. The van der Waals surface area contributed by atoms with E-state index in [0.29, 0.717) is 24.6 Å². The number of methoxy groups -OCH3 is 1. The van der Waals surface area contributed by atoms with E-state index in [0.717, 1.165) is 48.0 Å². The topological polar surface area (TPSA) is 113 Å². The second-order valence-corrected chi connectivity index (χ2v) is 8.81. The number of nitrogen functional groups attached to an aromatic ring is 1. The molecule has 2 aliphatic rings. The SMILES string of the molecule is COC[C@]1(C)CN(c2nc(N)nc3nc[nH]c23)c2cc(C#CC3(O)CCCC3)ccc21. The Morgan fingerprint density at radius 2 is 2.10 bits per heavy atom. The Labute approximate surface area is 180 Å². The first-order valence-corrected chi connectivity index (χ1v) is 10.5. The van der Waals surface area contributed by atoms with Gasteiger partial charge in [-0.2, -0.15) is 9.97 Å². The molecule has 1 aromatic carbocycles. The van der Waals surface area contributed by atoms with Crippen LogP contribution in [0.15, 0.2) is 24.5 Å². The Hall–Kier alpha value is -3.15. The van der Waals surface area contributed by atoms with Crippen LogP contribution >= 0.6 is 0 Å². The molecular weight excluding hydrogens is 392 g/mol. The molecule has 2 aromatic heterocycles. The minimum absolute atomic E-state index is 0.177. The number of nitrogens with zero attached hydrogens (tertiary/aromatic N) is 4. The van der Waals surface area contributed by atoms with Gasteiger partial charge >= 0.3 is 0 Å². The summed E-state index contributed by atoms with van der Waals surface area (Å²) in [7, 11) is 1.71. The number of hydrogen-bond acceptors (Lipinski definition) is 7. The lowest BCUT2D eigenvalue weighted by Crippen LogP contribution is -2.33. The van der Waals surface area contributed by atoms with Crippen molar-refractivity contribution in [2.24, 2.45) is 0 Å². The molecule has 5 rings (SSSR count). The molecule has 8 nitrogen and oxygen atoms in total. The van der Waals surface area contributed by atoms with Crippen LogP contribution in [0, 0.1) is 11.8 Å². The van der Waals surface area contributed by atoms with Crippen molar-refractivity contribution < 1.29 is 9.84 Å². The molecule has 3 aromatic rings. The first-order valence-electron chi connectivity index (χ1n) is 10.5. The highest BCUT2D eigenvalue weighted by atomic mass is 16.5. The maximum atomic E-state index is 10.6. The predicted molar refractivity (Wildman–Crippen MR) is 119 cm³/mol. The van der Waals surface area contributed by atoms with Gasteiger partial charge in [-0.15, -0.1) is 0 Å². The van der Waals surface area contributed by atoms with Gasteiger partial charge in [0, 0.05) is 30.3 Å². The Balaban J connectivity index is 1.62. The number of nitrogens with two attached hydrogens (primary N) is 1. The molecule has 8 heteroatoms. The minimum atomic E-state index is -0.869. The van der Waals surface area contributed by atoms with E-state index in [9.17, 15) is 5.11 Å². The summed E-state index contributed by atoms with van der Waals surface area (Å²) in [6.07, 6.45) is 5.11. The number of aromatic nitrogens is 4. The summed E-state index contributed by atoms with van der Waals surface area (Å²) in [5.41, 5.74) is 9.16. The number of nitrogens with one attached hydrogen (secondary N) is 1. The van der Waals surface area contributed by atoms with Gasteiger partial charge in [0.25, 0.3) is 0 Å². The maximum Gasteiger partial charge on any atom is 0.224 e. The van der Waals surface area contributed by atoms with E-state index in [1.165, 1.54) is 0 Å². The normalized spacial score (nSPS) is 21.8. The zero-order valence-corrected chi connectivity index (χ0v) is 17.8. The predicted octanol–water partition coefficient (Wildman–Crippen LogP) is 2.65. The fourth-order valence-corrected chi connectivity index (χ4v) is 4.80. The van der Waals surface area contributed by atoms with Gasteiger partial charge < -0.3 is 25.5 Å². The van der Waals surface area contributed by atoms with E-state index in [-0.39, 0.29) is 11.4 Å². The second-order valence-electron chi connectivity index (χ2n) is 8.81. The number of H-pyrrole nitrogens is 1. The molecule has 0 radical (unpaired) electrons. The molecule has 0 saturated heterocycles. The van der Waals surface area contributed by atoms with Crippen molar-refractivity contribution in [2.75, 3.05) is 30.9 Å². The van der Waals surface area contributed by atoms with Gasteiger partial charge in [-0.25, -0.2) is 4.98 Å². The van der Waals surface area contributed by atoms with Crippen LogP contribution in [0.1, 0.15) is 43.7 Å². The fourth-order valence-electron chi connectivity index (χ4n) is 4.80. The number of ether oxygens (including phenoxy) is 1. The fraction of sp³-hybridized carbons (Fsp3) is 0.435. The molecule has 31 heavy (non-hydrogen) atoms. The molecule has 3 heterocycles. The standard InChI is InChI=1S/C23H26N6O2/c1-22(13-31-2)12-29(20-18-19(26-14-25-18)27-21(24)28-20)17-11-15(5-6-16(17)22)7-10-23(30)8-3-4-9-23/h5-6,11,14,30H,3-4,8-9,12-13H2,1-2H3,(H3,24,25,26,27,28)/t22-/m0/s1. The Bertz CT molecular complexity index is 1200. The minimum Gasteiger partial charge on any atom is -0.384 e. The number of benzene rings is 1. The van der Waals surface area contributed by atoms with Crippen LogP contribution in [-0.2, 0) is 10.2 Å². The quantitative estimate of drug-likeness (QED) is 0.561. The molecule has 0 bridgehead atoms. The lowest BCUT2D eigenvalue weighted by molar-refractivity contribution is 0.110. The third kappa shape index (κ3) is 3.40. The summed E-state index contributed by atoms with van der Waals surface area (Å²) < 4.78 is 5.56. The lowest BCUT2D eigenvalue weighted by atomic mass is 9.85. The first-order chi connectivity index (χ1) is 14.9. The van der Waals surface area contributed by atoms with Crippen molar-refractivity contribution in [1.29, 1.82) is 0 Å². The zero-order chi connectivity index (χ0) is 21.6. The largest absolute Gasteiger partial charge is 0.384 e. The van der Waals surface area contributed by atoms with Gasteiger partial charge in [-0.05, 0) is 43.4 Å². The Kier molecular flexibility index (Phi) is 4.61. The Morgan fingerprint density at radius 3 is 2.87 bits per heavy atom. The van der Waals surface area contributed by atoms with Crippen molar-refractivity contribution in [3.05, 3.63) is 35.7 Å². The van der Waals surface area contributed by atoms with Crippen molar-refractivity contribution in [3.8, 4) is 11.8 Å². The average Bonchev–Trinajstić information content (AvgIpc) is 3.45. The van der Waals surface area contributed by atoms with Crippen LogP contribution in [-0.4, -0.2) is 50.9 Å². The third-order valence-electron chi connectivity index (χ3n) is 6.32. The summed E-state index contributed by atoms with van der Waals surface area (Å²) in [5.74, 6) is 7.16. The van der Waals surface area contributed by atoms with Crippen molar-refractivity contribution in [3.63, 3.8) is 0 Å². The van der Waals surface area contributed by atoms with Crippen LogP contribution in [0.3, 0.4) is 0 Å². The third-order valence-corrected chi connectivity index (χ3v) is 6.32. The number of imidazole rings is 1. The molecule has 1 aliphatic carbocycles. The van der Waals surface area contributed by atoms with Crippen LogP contribution in [0.4, 0.5) is 17.5 Å². The van der Waals surface area contributed by atoms with Crippen molar-refractivity contribution >= 4 is 28.6 Å². The molecular formula is C23H26N6O2. The molecule has 0 amide bonds. The highest BCUT2D eigenvalue weighted by Crippen LogP contribution is 2.45. The summed E-state index contributed by atoms with van der Waals surface area (Å²) in [5, 5.41) is 10.6. The highest BCUT2D eigenvalue weighted by Gasteiger charge is 2.41. The van der Waals surface area contributed by atoms with Crippen LogP contribution in [0.5, 0.6) is 0 Å². The summed E-state index contributed by atoms with van der Waals surface area (Å²) in [4.78, 5) is 18.3. The van der Waals surface area contributed by atoms with E-state index < -0.39 is 5.60 Å². The highest BCUT2D eigenvalue weighted by molar-refractivity contribution is 5.89. The van der Waals surface area contributed by atoms with Crippen molar-refractivity contribution in [2.45, 2.75) is 43.6 Å². The summed E-state index contributed by atoms with van der Waals surface area (Å²) in [6.45, 7) is 3.41. The molecule has 160 valence electrons. The molecule has 1 fully saturated rings. The van der Waals surface area contributed by atoms with E-state index in [1.807, 2.05) is 6.07 Å². The van der Waals surface area contributed by atoms with E-state index in [1.54, 1.807) is 13.4 Å². The number of anilines is 3. The average molecular weight is 419 g/mol. The smallest absolute Gasteiger partial charge is 0.224 e. The molecule has 1 atom stereocenters. The Morgan fingerprint density at radius 1 is 1.29 bits per heavy atom. The first kappa shape index (κ1) is 19.8. The van der Waals surface area contributed by atoms with Gasteiger partial charge in [0.2, 0.25) is 5.95 Å². The summed E-state index contributed by atoms with van der Waals surface area (Å²) in [6, 6.07) is 6.18. The number of rotatable bonds is 3. The van der Waals surface area contributed by atoms with Crippen LogP contribution < -0.4 is 10.6 Å². The number of hydrogen-bond donors (Lipinski definition) is 3. The van der Waals surface area contributed by atoms with Gasteiger partial charge in [0.05, 0.1) is 12.9 Å². The van der Waals surface area contributed by atoms with Gasteiger partial charge in [-0.3, -0.25) is 0 Å². The summed E-state index contributed by atoms with van der Waals surface area (Å²) >= 11 is 0. The van der Waals surface area contributed by atoms with Gasteiger partial charge in [0.1, 0.15) is 11.1 Å². The molecule has 0 unspecified atom stereocenters. The molecule has 1 saturated carbocycles. The second kappa shape index (κ2) is 7.22. The number of fused-ring (bicyclic) bond motifs is 2. The maximum absolute atomic E-state index is 10.6. The van der Waals surface area contributed by atoms with E-state index in [4.69, 9.17) is 10.5 Å². The number of aromatic amines is 1. The van der Waals surface area contributed by atoms with Crippen LogP contribution in [0.2, 0.25) is 0 Å². The van der Waals surface area contributed by atoms with Gasteiger partial charge in [-0.1, -0.05) is 24.8 Å². The van der Waals surface area contributed by atoms with E-state index >= 15 is 0 Å². The van der Waals surface area contributed by atoms with Gasteiger partial charge in [0.15, 0.2) is 11.5 Å². The molecule has 4 N–H and O–H groups in total. The zero-order valence-electron chi connectivity index (χ0n) is 17.8. The number of aliphatic hydroxyl groups is 1. The molecule has 1 aliphatic heterocycles.